The number of carbonyl (C=O) groups is 1. The first kappa shape index (κ1) is 24.9. The number of hydrogen-bond acceptors (Lipinski definition) is 4. The topological polar surface area (TPSA) is 67.6 Å². The normalized spacial score (nSPS) is 29.1. The summed E-state index contributed by atoms with van der Waals surface area (Å²) in [6.45, 7) is 12.3. The van der Waals surface area contributed by atoms with Crippen molar-refractivity contribution in [2.24, 2.45) is 11.1 Å². The Labute approximate surface area is 165 Å². The number of nitrogens with two attached hydrogens (primary N) is 1. The molecule has 7 heteroatoms. The number of carbonyl (C=O) groups excluding carboxylic acids is 1. The first-order chi connectivity index (χ1) is 10.8. The van der Waals surface area contributed by atoms with Crippen molar-refractivity contribution >= 4 is 30.7 Å². The second-order valence-corrected chi connectivity index (χ2v) is 7.78. The van der Waals surface area contributed by atoms with Gasteiger partial charge < -0.3 is 20.7 Å². The molecule has 1 saturated carbocycles. The van der Waals surface area contributed by atoms with Gasteiger partial charge in [0.25, 0.3) is 0 Å². The van der Waals surface area contributed by atoms with Crippen LogP contribution in [0.1, 0.15) is 59.8 Å². The third-order valence-corrected chi connectivity index (χ3v) is 5.99. The van der Waals surface area contributed by atoms with Crippen LogP contribution in [0.2, 0.25) is 0 Å². The fraction of sp³-hybridized carbons (Fsp3) is 0.944. The molecular weight excluding hydrogens is 361 g/mol. The zero-order valence-electron chi connectivity index (χ0n) is 16.2. The van der Waals surface area contributed by atoms with Gasteiger partial charge in [-0.2, -0.15) is 0 Å². The number of ether oxygens (including phenoxy) is 1. The van der Waals surface area contributed by atoms with Crippen LogP contribution in [-0.2, 0) is 9.53 Å². The molecule has 0 radical (unpaired) electrons. The maximum atomic E-state index is 12.7. The molecule has 1 amide bonds. The smallest absolute Gasteiger partial charge is 0.241 e. The van der Waals surface area contributed by atoms with Crippen LogP contribution in [-0.4, -0.2) is 54.7 Å². The van der Waals surface area contributed by atoms with Gasteiger partial charge in [-0.25, -0.2) is 0 Å². The molecule has 2 fully saturated rings. The van der Waals surface area contributed by atoms with Crippen molar-refractivity contribution in [1.82, 2.24) is 10.2 Å². The van der Waals surface area contributed by atoms with Gasteiger partial charge in [0.2, 0.25) is 5.91 Å². The highest BCUT2D eigenvalue weighted by Gasteiger charge is 2.63. The lowest BCUT2D eigenvalue weighted by Gasteiger charge is -2.57. The number of rotatable bonds is 7. The number of unbranched alkanes of at least 4 members (excludes halogenated alkanes) is 1. The lowest BCUT2D eigenvalue weighted by Crippen LogP contribution is -2.76. The van der Waals surface area contributed by atoms with Gasteiger partial charge in [0.1, 0.15) is 5.54 Å². The van der Waals surface area contributed by atoms with E-state index in [9.17, 15) is 4.79 Å². The quantitative estimate of drug-likeness (QED) is 0.692. The zero-order valence-corrected chi connectivity index (χ0v) is 17.8. The molecule has 1 aliphatic carbocycles. The van der Waals surface area contributed by atoms with Gasteiger partial charge >= 0.3 is 0 Å². The summed E-state index contributed by atoms with van der Waals surface area (Å²) in [5.41, 5.74) is 5.34. The number of nitrogens with zero attached hydrogens (tertiary/aromatic N) is 1. The van der Waals surface area contributed by atoms with E-state index in [0.29, 0.717) is 13.0 Å². The molecule has 2 unspecified atom stereocenters. The molecule has 0 aromatic rings. The highest BCUT2D eigenvalue weighted by molar-refractivity contribution is 5.89. The molecule has 0 spiro atoms. The van der Waals surface area contributed by atoms with Crippen molar-refractivity contribution in [3.8, 4) is 0 Å². The first-order valence-corrected chi connectivity index (χ1v) is 9.29. The Morgan fingerprint density at radius 1 is 1.24 bits per heavy atom. The molecule has 2 aliphatic rings. The molecule has 1 saturated heterocycles. The zero-order chi connectivity index (χ0) is 17.1. The summed E-state index contributed by atoms with van der Waals surface area (Å²) in [4.78, 5) is 15.2. The van der Waals surface area contributed by atoms with E-state index in [1.54, 1.807) is 0 Å². The number of piperidine rings is 1. The van der Waals surface area contributed by atoms with Gasteiger partial charge in [-0.15, -0.1) is 24.8 Å². The highest BCUT2D eigenvalue weighted by atomic mass is 35.5. The Morgan fingerprint density at radius 2 is 1.84 bits per heavy atom. The van der Waals surface area contributed by atoms with Crippen molar-refractivity contribution in [3.63, 3.8) is 0 Å². The Kier molecular flexibility index (Phi) is 10.3. The van der Waals surface area contributed by atoms with Crippen LogP contribution in [0, 0.1) is 5.41 Å². The van der Waals surface area contributed by atoms with Crippen LogP contribution in [0.25, 0.3) is 0 Å². The molecule has 2 atom stereocenters. The summed E-state index contributed by atoms with van der Waals surface area (Å²) >= 11 is 0. The van der Waals surface area contributed by atoms with Gasteiger partial charge in [-0.3, -0.25) is 4.79 Å². The van der Waals surface area contributed by atoms with E-state index < -0.39 is 5.54 Å². The van der Waals surface area contributed by atoms with Crippen molar-refractivity contribution in [2.45, 2.75) is 77.5 Å². The third kappa shape index (κ3) is 5.23. The Morgan fingerprint density at radius 3 is 2.32 bits per heavy atom. The number of hydrogen-bond donors (Lipinski definition) is 2. The second kappa shape index (κ2) is 10.3. The lowest BCUT2D eigenvalue weighted by atomic mass is 9.54. The van der Waals surface area contributed by atoms with Crippen LogP contribution in [0.15, 0.2) is 0 Å². The van der Waals surface area contributed by atoms with Gasteiger partial charge in [0.05, 0.1) is 6.10 Å². The van der Waals surface area contributed by atoms with Crippen molar-refractivity contribution in [1.29, 1.82) is 0 Å². The molecule has 0 aromatic heterocycles. The fourth-order valence-corrected chi connectivity index (χ4v) is 3.82. The highest BCUT2D eigenvalue weighted by Crippen LogP contribution is 2.49. The van der Waals surface area contributed by atoms with Crippen LogP contribution in [0.4, 0.5) is 0 Å². The van der Waals surface area contributed by atoms with Gasteiger partial charge in [0, 0.05) is 37.6 Å². The molecule has 25 heavy (non-hydrogen) atoms. The maximum Gasteiger partial charge on any atom is 0.241 e. The Hall–Kier alpha value is -0.0700. The monoisotopic (exact) mass is 397 g/mol. The van der Waals surface area contributed by atoms with E-state index in [-0.39, 0.29) is 48.3 Å². The minimum absolute atomic E-state index is 0. The number of nitrogens with one attached hydrogen (secondary N) is 1. The summed E-state index contributed by atoms with van der Waals surface area (Å²) in [5.74, 6) is 0.00506. The molecule has 5 nitrogen and oxygen atoms in total. The predicted octanol–water partition coefficient (Wildman–Crippen LogP) is 2.74. The van der Waals surface area contributed by atoms with E-state index in [0.717, 1.165) is 25.9 Å². The fourth-order valence-electron chi connectivity index (χ4n) is 3.82. The molecule has 1 aliphatic heterocycles. The maximum absolute atomic E-state index is 12.7. The molecule has 1 heterocycles. The SMILES string of the molecule is CCCCN1CCC(NC(=O)C2(N)CC(OCC)C2(C)C)CC1.Cl.Cl. The lowest BCUT2D eigenvalue weighted by molar-refractivity contribution is -0.171. The summed E-state index contributed by atoms with van der Waals surface area (Å²) in [5, 5.41) is 3.21. The average molecular weight is 398 g/mol. The second-order valence-electron chi connectivity index (χ2n) is 7.78. The van der Waals surface area contributed by atoms with Crippen molar-refractivity contribution < 1.29 is 9.53 Å². The number of likely N-dealkylation sites (tertiary alicyclic amines) is 1. The molecule has 0 aromatic carbocycles. The summed E-state index contributed by atoms with van der Waals surface area (Å²) in [6.07, 6.45) is 5.26. The van der Waals surface area contributed by atoms with E-state index in [4.69, 9.17) is 10.5 Å². The average Bonchev–Trinajstić information content (AvgIpc) is 2.53. The predicted molar refractivity (Wildman–Crippen MR) is 108 cm³/mol. The first-order valence-electron chi connectivity index (χ1n) is 9.29. The van der Waals surface area contributed by atoms with Gasteiger partial charge in [-0.05, 0) is 32.7 Å². The van der Waals surface area contributed by atoms with E-state index in [2.05, 4.69) is 17.1 Å². The minimum atomic E-state index is -0.799. The van der Waals surface area contributed by atoms with Gasteiger partial charge in [-0.1, -0.05) is 27.2 Å². The van der Waals surface area contributed by atoms with E-state index in [1.807, 2.05) is 20.8 Å². The summed E-state index contributed by atoms with van der Waals surface area (Å²) in [6, 6.07) is 0.266. The summed E-state index contributed by atoms with van der Waals surface area (Å²) < 4.78 is 5.71. The van der Waals surface area contributed by atoms with Gasteiger partial charge in [0.15, 0.2) is 0 Å². The molecular formula is C18H37Cl2N3O2. The molecule has 3 N–H and O–H groups in total. The summed E-state index contributed by atoms with van der Waals surface area (Å²) in [7, 11) is 0. The molecule has 2 rings (SSSR count). The largest absolute Gasteiger partial charge is 0.378 e. The molecule has 0 bridgehead atoms. The van der Waals surface area contributed by atoms with E-state index >= 15 is 0 Å². The number of amides is 1. The Balaban J connectivity index is 0.00000288. The number of halogens is 2. The Bertz CT molecular complexity index is 415. The van der Waals surface area contributed by atoms with Crippen LogP contribution in [0.5, 0.6) is 0 Å². The third-order valence-electron chi connectivity index (χ3n) is 5.99. The van der Waals surface area contributed by atoms with Crippen molar-refractivity contribution in [3.05, 3.63) is 0 Å². The van der Waals surface area contributed by atoms with E-state index in [1.165, 1.54) is 19.4 Å². The molecule has 150 valence electrons. The van der Waals surface area contributed by atoms with Crippen LogP contribution < -0.4 is 11.1 Å². The van der Waals surface area contributed by atoms with Crippen LogP contribution in [0.3, 0.4) is 0 Å². The minimum Gasteiger partial charge on any atom is -0.378 e. The van der Waals surface area contributed by atoms with Crippen LogP contribution >= 0.6 is 24.8 Å². The van der Waals surface area contributed by atoms with Crippen molar-refractivity contribution in [2.75, 3.05) is 26.2 Å². The standard InChI is InChI=1S/C18H35N3O2.2ClH/c1-5-7-10-21-11-8-14(9-12-21)20-16(22)18(19)13-15(23-6-2)17(18,3)4;;/h14-15H,5-13,19H2,1-4H3,(H,20,22);2*1H.